The third-order valence-electron chi connectivity index (χ3n) is 2.78. The molecule has 1 nitrogen and oxygen atoms in total. The van der Waals surface area contributed by atoms with Crippen molar-refractivity contribution >= 4 is 0 Å². The Morgan fingerprint density at radius 1 is 1.35 bits per heavy atom. The van der Waals surface area contributed by atoms with Crippen LogP contribution in [0.3, 0.4) is 0 Å². The van der Waals surface area contributed by atoms with E-state index in [9.17, 15) is 8.78 Å². The average Bonchev–Trinajstić information content (AvgIpc) is 2.28. The Kier molecular flexibility index (Phi) is 5.11. The molecule has 0 bridgehead atoms. The van der Waals surface area contributed by atoms with E-state index in [2.05, 4.69) is 11.2 Å². The Hall–Kier alpha value is -1.40. The number of hydrogen-bond donors (Lipinski definition) is 1. The van der Waals surface area contributed by atoms with Gasteiger partial charge in [0.25, 0.3) is 0 Å². The van der Waals surface area contributed by atoms with Gasteiger partial charge in [0.1, 0.15) is 11.6 Å². The predicted molar refractivity (Wildman–Crippen MR) is 65.4 cm³/mol. The summed E-state index contributed by atoms with van der Waals surface area (Å²) in [4.78, 5) is 0. The summed E-state index contributed by atoms with van der Waals surface area (Å²) in [5.41, 5.74) is 0.0722. The SMILES string of the molecule is C#CCC(CC)NC(C)c1c(F)cccc1F. The van der Waals surface area contributed by atoms with Crippen LogP contribution < -0.4 is 5.32 Å². The number of halogens is 2. The van der Waals surface area contributed by atoms with Gasteiger partial charge in [-0.3, -0.25) is 0 Å². The standard InChI is InChI=1S/C14H17F2N/c1-4-7-11(5-2)17-10(3)14-12(15)8-6-9-13(14)16/h1,6,8-11,17H,5,7H2,2-3H3. The van der Waals surface area contributed by atoms with Gasteiger partial charge in [-0.1, -0.05) is 13.0 Å². The number of benzene rings is 1. The second-order valence-corrected chi connectivity index (χ2v) is 4.04. The molecule has 1 N–H and O–H groups in total. The molecule has 0 aliphatic heterocycles. The highest BCUT2D eigenvalue weighted by Gasteiger charge is 2.18. The summed E-state index contributed by atoms with van der Waals surface area (Å²) in [6.07, 6.45) is 6.62. The van der Waals surface area contributed by atoms with Crippen LogP contribution in [0, 0.1) is 24.0 Å². The first-order valence-corrected chi connectivity index (χ1v) is 5.73. The molecule has 0 saturated heterocycles. The predicted octanol–water partition coefficient (Wildman–Crippen LogP) is 3.42. The molecular formula is C14H17F2N. The lowest BCUT2D eigenvalue weighted by Crippen LogP contribution is -2.31. The minimum Gasteiger partial charge on any atom is -0.306 e. The van der Waals surface area contributed by atoms with Crippen LogP contribution in [0.2, 0.25) is 0 Å². The van der Waals surface area contributed by atoms with E-state index in [1.165, 1.54) is 18.2 Å². The van der Waals surface area contributed by atoms with Gasteiger partial charge in [-0.15, -0.1) is 12.3 Å². The van der Waals surface area contributed by atoms with Crippen LogP contribution in [0.5, 0.6) is 0 Å². The van der Waals surface area contributed by atoms with Gasteiger partial charge in [-0.25, -0.2) is 8.78 Å². The largest absolute Gasteiger partial charge is 0.306 e. The number of rotatable bonds is 5. The maximum absolute atomic E-state index is 13.5. The molecule has 3 heteroatoms. The third kappa shape index (κ3) is 3.54. The molecule has 0 spiro atoms. The molecule has 0 amide bonds. The van der Waals surface area contributed by atoms with Crippen molar-refractivity contribution in [3.63, 3.8) is 0 Å². The lowest BCUT2D eigenvalue weighted by molar-refractivity contribution is 0.421. The van der Waals surface area contributed by atoms with Gasteiger partial charge in [0, 0.05) is 24.1 Å². The quantitative estimate of drug-likeness (QED) is 0.774. The van der Waals surface area contributed by atoms with Crippen LogP contribution in [0.15, 0.2) is 18.2 Å². The van der Waals surface area contributed by atoms with Gasteiger partial charge in [0.15, 0.2) is 0 Å². The zero-order valence-electron chi connectivity index (χ0n) is 10.1. The topological polar surface area (TPSA) is 12.0 Å². The Balaban J connectivity index is 2.82. The number of terminal acetylenes is 1. The molecule has 0 heterocycles. The van der Waals surface area contributed by atoms with Crippen LogP contribution in [0.1, 0.15) is 38.3 Å². The van der Waals surface area contributed by atoms with Gasteiger partial charge >= 0.3 is 0 Å². The summed E-state index contributed by atoms with van der Waals surface area (Å²) in [5.74, 6) is 1.50. The van der Waals surface area contributed by atoms with Gasteiger partial charge in [-0.05, 0) is 25.5 Å². The lowest BCUT2D eigenvalue weighted by atomic mass is 10.0. The highest BCUT2D eigenvalue weighted by atomic mass is 19.1. The van der Waals surface area contributed by atoms with Crippen molar-refractivity contribution in [1.29, 1.82) is 0 Å². The Bertz CT molecular complexity index is 389. The summed E-state index contributed by atoms with van der Waals surface area (Å²) in [5, 5.41) is 3.14. The van der Waals surface area contributed by atoms with Gasteiger partial charge in [-0.2, -0.15) is 0 Å². The van der Waals surface area contributed by atoms with Crippen molar-refractivity contribution in [2.24, 2.45) is 0 Å². The molecule has 0 radical (unpaired) electrons. The van der Waals surface area contributed by atoms with E-state index in [1.54, 1.807) is 6.92 Å². The van der Waals surface area contributed by atoms with Crippen LogP contribution in [-0.2, 0) is 0 Å². The summed E-state index contributed by atoms with van der Waals surface area (Å²) in [7, 11) is 0. The molecule has 0 fully saturated rings. The van der Waals surface area contributed by atoms with Crippen molar-refractivity contribution in [2.75, 3.05) is 0 Å². The van der Waals surface area contributed by atoms with E-state index in [-0.39, 0.29) is 11.6 Å². The first kappa shape index (κ1) is 13.7. The normalized spacial score (nSPS) is 14.1. The van der Waals surface area contributed by atoms with E-state index in [4.69, 9.17) is 6.42 Å². The second kappa shape index (κ2) is 6.36. The minimum atomic E-state index is -0.527. The lowest BCUT2D eigenvalue weighted by Gasteiger charge is -2.21. The highest BCUT2D eigenvalue weighted by Crippen LogP contribution is 2.21. The summed E-state index contributed by atoms with van der Waals surface area (Å²) >= 11 is 0. The Morgan fingerprint density at radius 2 is 1.94 bits per heavy atom. The molecule has 0 aliphatic carbocycles. The van der Waals surface area contributed by atoms with E-state index >= 15 is 0 Å². The fourth-order valence-electron chi connectivity index (χ4n) is 1.82. The second-order valence-electron chi connectivity index (χ2n) is 4.04. The molecule has 0 aliphatic rings. The highest BCUT2D eigenvalue weighted by molar-refractivity contribution is 5.23. The first-order valence-electron chi connectivity index (χ1n) is 5.73. The molecule has 17 heavy (non-hydrogen) atoms. The van der Waals surface area contributed by atoms with Crippen LogP contribution in [-0.4, -0.2) is 6.04 Å². The molecule has 1 rings (SSSR count). The van der Waals surface area contributed by atoms with Gasteiger partial charge in [0.2, 0.25) is 0 Å². The molecule has 1 aromatic rings. The summed E-state index contributed by atoms with van der Waals surface area (Å²) in [6, 6.07) is 3.57. The van der Waals surface area contributed by atoms with Crippen molar-refractivity contribution in [3.8, 4) is 12.3 Å². The maximum atomic E-state index is 13.5. The fourth-order valence-corrected chi connectivity index (χ4v) is 1.82. The molecule has 2 atom stereocenters. The van der Waals surface area contributed by atoms with Crippen LogP contribution >= 0.6 is 0 Å². The van der Waals surface area contributed by atoms with Gasteiger partial charge in [0.05, 0.1) is 0 Å². The number of hydrogen-bond acceptors (Lipinski definition) is 1. The Labute approximate surface area is 101 Å². The fraction of sp³-hybridized carbons (Fsp3) is 0.429. The molecule has 2 unspecified atom stereocenters. The first-order chi connectivity index (χ1) is 8.10. The van der Waals surface area contributed by atoms with Crippen LogP contribution in [0.4, 0.5) is 8.78 Å². The molecular weight excluding hydrogens is 220 g/mol. The van der Waals surface area contributed by atoms with E-state index in [0.717, 1.165) is 6.42 Å². The van der Waals surface area contributed by atoms with Crippen molar-refractivity contribution in [1.82, 2.24) is 5.32 Å². The van der Waals surface area contributed by atoms with E-state index in [1.807, 2.05) is 6.92 Å². The van der Waals surface area contributed by atoms with Crippen LogP contribution in [0.25, 0.3) is 0 Å². The molecule has 92 valence electrons. The van der Waals surface area contributed by atoms with Crippen molar-refractivity contribution in [3.05, 3.63) is 35.4 Å². The molecule has 0 aromatic heterocycles. The third-order valence-corrected chi connectivity index (χ3v) is 2.78. The zero-order valence-corrected chi connectivity index (χ0v) is 10.1. The Morgan fingerprint density at radius 3 is 2.41 bits per heavy atom. The van der Waals surface area contributed by atoms with Crippen molar-refractivity contribution < 1.29 is 8.78 Å². The number of nitrogens with one attached hydrogen (secondary N) is 1. The summed E-state index contributed by atoms with van der Waals surface area (Å²) in [6.45, 7) is 3.72. The van der Waals surface area contributed by atoms with E-state index < -0.39 is 17.7 Å². The van der Waals surface area contributed by atoms with E-state index in [0.29, 0.717) is 6.42 Å². The monoisotopic (exact) mass is 237 g/mol. The smallest absolute Gasteiger partial charge is 0.130 e. The maximum Gasteiger partial charge on any atom is 0.130 e. The van der Waals surface area contributed by atoms with Gasteiger partial charge < -0.3 is 5.32 Å². The average molecular weight is 237 g/mol. The molecule has 1 aromatic carbocycles. The summed E-state index contributed by atoms with van der Waals surface area (Å²) < 4.78 is 27.0. The zero-order chi connectivity index (χ0) is 12.8. The molecule has 0 saturated carbocycles. The van der Waals surface area contributed by atoms with Crippen molar-refractivity contribution in [2.45, 2.75) is 38.8 Å². The minimum absolute atomic E-state index is 0.0722.